The van der Waals surface area contributed by atoms with Gasteiger partial charge >= 0.3 is 6.18 Å². The number of carbonyl (C=O) groups is 1. The van der Waals surface area contributed by atoms with Crippen LogP contribution in [0.25, 0.3) is 0 Å². The second-order valence-electron chi connectivity index (χ2n) is 7.56. The molecular weight excluding hydrogens is 487 g/mol. The van der Waals surface area contributed by atoms with E-state index in [0.717, 1.165) is 10.6 Å². The lowest BCUT2D eigenvalue weighted by Gasteiger charge is -2.18. The minimum atomic E-state index is -4.73. The first-order chi connectivity index (χ1) is 16.3. The fraction of sp³-hybridized carbons (Fsp3) is 0.238. The first kappa shape index (κ1) is 25.7. The van der Waals surface area contributed by atoms with Gasteiger partial charge in [-0.15, -0.1) is 0 Å². The Balaban J connectivity index is 1.87. The number of halogens is 3. The third-order valence-corrected chi connectivity index (χ3v) is 6.16. The first-order valence-electron chi connectivity index (χ1n) is 10.00. The number of nitrogens with one attached hydrogen (secondary N) is 2. The van der Waals surface area contributed by atoms with Crippen molar-refractivity contribution >= 4 is 39.1 Å². The maximum Gasteiger partial charge on any atom is 0.421 e. The van der Waals surface area contributed by atoms with Crippen LogP contribution in [0.3, 0.4) is 0 Å². The molecule has 2 heterocycles. The Kier molecular flexibility index (Phi) is 7.14. The van der Waals surface area contributed by atoms with Crippen molar-refractivity contribution in [1.29, 1.82) is 0 Å². The average molecular weight is 510 g/mol. The zero-order valence-corrected chi connectivity index (χ0v) is 19.7. The number of alkyl halides is 3. The van der Waals surface area contributed by atoms with Crippen LogP contribution in [0, 0.1) is 6.92 Å². The van der Waals surface area contributed by atoms with Gasteiger partial charge in [-0.05, 0) is 42.8 Å². The standard InChI is InChI=1S/C21H22F3N7O3S/c1-12-8-13(18(25)32)4-5-17(12)29-20-28-11-16(21(22,23)24)19(30-20)27-10-14-9-15(6-7-26-14)31(2)35(3,33)34/h4-9,11H,10H2,1-3H3,(H2,25,32)(H2,27,28,29,30). The van der Waals surface area contributed by atoms with Gasteiger partial charge in [0, 0.05) is 30.7 Å². The minimum Gasteiger partial charge on any atom is -0.366 e. The van der Waals surface area contributed by atoms with E-state index in [1.54, 1.807) is 6.92 Å². The normalized spacial score (nSPS) is 11.7. The number of sulfonamides is 1. The van der Waals surface area contributed by atoms with Crippen LogP contribution in [0.5, 0.6) is 0 Å². The lowest BCUT2D eigenvalue weighted by atomic mass is 10.1. The molecule has 10 nitrogen and oxygen atoms in total. The Bertz CT molecular complexity index is 1360. The van der Waals surface area contributed by atoms with E-state index in [0.29, 0.717) is 23.1 Å². The monoisotopic (exact) mass is 509 g/mol. The molecule has 0 unspecified atom stereocenters. The van der Waals surface area contributed by atoms with Crippen LogP contribution in [-0.2, 0) is 22.7 Å². The number of rotatable bonds is 8. The highest BCUT2D eigenvalue weighted by Crippen LogP contribution is 2.34. The topological polar surface area (TPSA) is 143 Å². The number of primary amides is 1. The molecular formula is C21H22F3N7O3S. The number of aryl methyl sites for hydroxylation is 1. The van der Waals surface area contributed by atoms with Crippen LogP contribution in [0.2, 0.25) is 0 Å². The molecule has 0 saturated carbocycles. The molecule has 0 bridgehead atoms. The minimum absolute atomic E-state index is 0.117. The fourth-order valence-electron chi connectivity index (χ4n) is 2.99. The highest BCUT2D eigenvalue weighted by atomic mass is 32.2. The number of hydrogen-bond acceptors (Lipinski definition) is 8. The molecule has 4 N–H and O–H groups in total. The van der Waals surface area contributed by atoms with Crippen molar-refractivity contribution in [2.45, 2.75) is 19.6 Å². The molecule has 0 atom stereocenters. The maximum atomic E-state index is 13.5. The molecule has 3 aromatic rings. The summed E-state index contributed by atoms with van der Waals surface area (Å²) < 4.78 is 65.2. The smallest absolute Gasteiger partial charge is 0.366 e. The molecule has 1 aromatic carbocycles. The lowest BCUT2D eigenvalue weighted by Crippen LogP contribution is -2.25. The SMILES string of the molecule is Cc1cc(C(N)=O)ccc1Nc1ncc(C(F)(F)F)c(NCc2cc(N(C)S(C)(=O)=O)ccn2)n1. The van der Waals surface area contributed by atoms with E-state index in [1.165, 1.54) is 43.6 Å². The molecule has 2 aromatic heterocycles. The van der Waals surface area contributed by atoms with Crippen LogP contribution < -0.4 is 20.7 Å². The predicted octanol–water partition coefficient (Wildman–Crippen LogP) is 3.05. The van der Waals surface area contributed by atoms with Gasteiger partial charge in [0.1, 0.15) is 11.4 Å². The molecule has 14 heteroatoms. The number of nitrogens with two attached hydrogens (primary N) is 1. The first-order valence-corrected chi connectivity index (χ1v) is 11.8. The zero-order valence-electron chi connectivity index (χ0n) is 18.9. The lowest BCUT2D eigenvalue weighted by molar-refractivity contribution is -0.137. The molecule has 0 aliphatic rings. The van der Waals surface area contributed by atoms with Crippen LogP contribution >= 0.6 is 0 Å². The quantitative estimate of drug-likeness (QED) is 0.420. The molecule has 0 aliphatic heterocycles. The number of aromatic nitrogens is 3. The maximum absolute atomic E-state index is 13.5. The van der Waals surface area contributed by atoms with Crippen molar-refractivity contribution in [2.75, 3.05) is 28.2 Å². The summed E-state index contributed by atoms with van der Waals surface area (Å²) in [4.78, 5) is 23.1. The number of benzene rings is 1. The van der Waals surface area contributed by atoms with Crippen molar-refractivity contribution in [2.24, 2.45) is 5.73 Å². The fourth-order valence-corrected chi connectivity index (χ4v) is 3.48. The number of amides is 1. The molecule has 186 valence electrons. The van der Waals surface area contributed by atoms with E-state index >= 15 is 0 Å². The summed E-state index contributed by atoms with van der Waals surface area (Å²) >= 11 is 0. The molecule has 0 fully saturated rings. The molecule has 0 aliphatic carbocycles. The number of pyridine rings is 1. The molecule has 0 radical (unpaired) electrons. The molecule has 1 amide bonds. The van der Waals surface area contributed by atoms with Crippen molar-refractivity contribution in [1.82, 2.24) is 15.0 Å². The van der Waals surface area contributed by atoms with Crippen LogP contribution in [0.15, 0.2) is 42.7 Å². The Hall–Kier alpha value is -3.94. The van der Waals surface area contributed by atoms with E-state index in [1.807, 2.05) is 0 Å². The molecule has 0 saturated heterocycles. The Labute approximate surface area is 199 Å². The van der Waals surface area contributed by atoms with Gasteiger partial charge in [-0.3, -0.25) is 14.1 Å². The van der Waals surface area contributed by atoms with Gasteiger partial charge in [0.05, 0.1) is 24.2 Å². The number of hydrogen-bond donors (Lipinski definition) is 3. The second kappa shape index (κ2) is 9.74. The number of carbonyl (C=O) groups excluding carboxylic acids is 1. The molecule has 35 heavy (non-hydrogen) atoms. The Morgan fingerprint density at radius 3 is 2.49 bits per heavy atom. The van der Waals surface area contributed by atoms with Gasteiger partial charge in [-0.1, -0.05) is 0 Å². The summed E-state index contributed by atoms with van der Waals surface area (Å²) in [7, 11) is -2.18. The van der Waals surface area contributed by atoms with Crippen molar-refractivity contribution in [3.05, 3.63) is 65.1 Å². The number of anilines is 4. The average Bonchev–Trinajstić information content (AvgIpc) is 2.77. The molecule has 3 rings (SSSR count). The van der Waals surface area contributed by atoms with Gasteiger partial charge in [-0.25, -0.2) is 13.4 Å². The third kappa shape index (κ3) is 6.35. The van der Waals surface area contributed by atoms with E-state index < -0.39 is 33.5 Å². The number of nitrogens with zero attached hydrogens (tertiary/aromatic N) is 4. The van der Waals surface area contributed by atoms with Gasteiger partial charge < -0.3 is 16.4 Å². The Morgan fingerprint density at radius 1 is 1.17 bits per heavy atom. The van der Waals surface area contributed by atoms with E-state index in [4.69, 9.17) is 5.73 Å². The van der Waals surface area contributed by atoms with Crippen LogP contribution in [-0.4, -0.2) is 42.6 Å². The molecule has 0 spiro atoms. The zero-order chi connectivity index (χ0) is 26.0. The summed E-state index contributed by atoms with van der Waals surface area (Å²) in [6.07, 6.45) is -1.71. The summed E-state index contributed by atoms with van der Waals surface area (Å²) in [5, 5.41) is 5.43. The second-order valence-corrected chi connectivity index (χ2v) is 9.58. The van der Waals surface area contributed by atoms with Crippen molar-refractivity contribution < 1.29 is 26.4 Å². The highest BCUT2D eigenvalue weighted by Gasteiger charge is 2.35. The summed E-state index contributed by atoms with van der Waals surface area (Å²) in [6, 6.07) is 7.43. The Morgan fingerprint density at radius 2 is 1.89 bits per heavy atom. The van der Waals surface area contributed by atoms with E-state index in [9.17, 15) is 26.4 Å². The summed E-state index contributed by atoms with van der Waals surface area (Å²) in [6.45, 7) is 1.52. The third-order valence-electron chi connectivity index (χ3n) is 4.95. The van der Waals surface area contributed by atoms with E-state index in [-0.39, 0.29) is 23.8 Å². The van der Waals surface area contributed by atoms with E-state index in [2.05, 4.69) is 25.6 Å². The van der Waals surface area contributed by atoms with Crippen molar-refractivity contribution in [3.63, 3.8) is 0 Å². The highest BCUT2D eigenvalue weighted by molar-refractivity contribution is 7.92. The van der Waals surface area contributed by atoms with Crippen LogP contribution in [0.1, 0.15) is 27.2 Å². The predicted molar refractivity (Wildman–Crippen MR) is 125 cm³/mol. The van der Waals surface area contributed by atoms with Crippen LogP contribution in [0.4, 0.5) is 36.3 Å². The van der Waals surface area contributed by atoms with Gasteiger partial charge in [0.2, 0.25) is 21.9 Å². The van der Waals surface area contributed by atoms with Gasteiger partial charge in [0.15, 0.2) is 0 Å². The van der Waals surface area contributed by atoms with Gasteiger partial charge in [-0.2, -0.15) is 18.2 Å². The summed E-state index contributed by atoms with van der Waals surface area (Å²) in [5.74, 6) is -1.23. The largest absolute Gasteiger partial charge is 0.421 e. The van der Waals surface area contributed by atoms with Gasteiger partial charge in [0.25, 0.3) is 0 Å². The van der Waals surface area contributed by atoms with Crippen molar-refractivity contribution in [3.8, 4) is 0 Å². The summed E-state index contributed by atoms with van der Waals surface area (Å²) in [5.41, 5.74) is 6.11.